The second kappa shape index (κ2) is 7.28. The van der Waals surface area contributed by atoms with Crippen molar-refractivity contribution < 1.29 is 4.79 Å². The van der Waals surface area contributed by atoms with Gasteiger partial charge in [-0.2, -0.15) is 0 Å². The number of nitrogens with one attached hydrogen (secondary N) is 1. The van der Waals surface area contributed by atoms with Gasteiger partial charge in [-0.05, 0) is 61.2 Å². The number of carbonyl (C=O) groups excluding carboxylic acids is 1. The maximum absolute atomic E-state index is 12.6. The number of pyridine rings is 1. The summed E-state index contributed by atoms with van der Waals surface area (Å²) in [6, 6.07) is 9.20. The number of anilines is 2. The first kappa shape index (κ1) is 16.9. The van der Waals surface area contributed by atoms with Crippen LogP contribution in [0.15, 0.2) is 43.1 Å². The normalized spacial score (nSPS) is 13.8. The molecule has 4 nitrogen and oxygen atoms in total. The molecule has 0 saturated carbocycles. The van der Waals surface area contributed by atoms with Crippen LogP contribution in [0, 0.1) is 0 Å². The summed E-state index contributed by atoms with van der Waals surface area (Å²) in [7, 11) is 0. The van der Waals surface area contributed by atoms with E-state index in [2.05, 4.69) is 21.2 Å². The van der Waals surface area contributed by atoms with E-state index in [9.17, 15) is 4.79 Å². The summed E-state index contributed by atoms with van der Waals surface area (Å²) in [5.74, 6) is 1.32. The van der Waals surface area contributed by atoms with Crippen LogP contribution in [0.25, 0.3) is 5.57 Å². The molecule has 1 aliphatic heterocycles. The van der Waals surface area contributed by atoms with Crippen molar-refractivity contribution >= 4 is 46.5 Å². The molecule has 0 unspecified atom stereocenters. The minimum absolute atomic E-state index is 0.266. The van der Waals surface area contributed by atoms with Crippen LogP contribution in [0.5, 0.6) is 0 Å². The van der Waals surface area contributed by atoms with Crippen LogP contribution in [0.2, 0.25) is 5.02 Å². The molecule has 0 bridgehead atoms. The van der Waals surface area contributed by atoms with Crippen molar-refractivity contribution in [3.8, 4) is 0 Å². The van der Waals surface area contributed by atoms with Gasteiger partial charge in [-0.15, -0.1) is 0 Å². The van der Waals surface area contributed by atoms with E-state index in [1.165, 1.54) is 0 Å². The quantitative estimate of drug-likeness (QED) is 0.790. The Morgan fingerprint density at radius 3 is 2.92 bits per heavy atom. The van der Waals surface area contributed by atoms with Crippen molar-refractivity contribution in [1.82, 2.24) is 4.98 Å². The minimum atomic E-state index is -0.266. The van der Waals surface area contributed by atoms with Crippen LogP contribution in [-0.4, -0.2) is 23.2 Å². The molecular weight excluding hydrogens is 342 g/mol. The zero-order valence-corrected chi connectivity index (χ0v) is 15.0. The second-order valence-corrected chi connectivity index (χ2v) is 7.13. The number of allylic oxidation sites excluding steroid dienone is 1. The first-order valence-corrected chi connectivity index (χ1v) is 9.00. The van der Waals surface area contributed by atoms with E-state index in [1.807, 2.05) is 25.1 Å². The summed E-state index contributed by atoms with van der Waals surface area (Å²) in [5, 5.41) is 3.24. The highest BCUT2D eigenvalue weighted by Crippen LogP contribution is 2.31. The van der Waals surface area contributed by atoms with Gasteiger partial charge in [0.2, 0.25) is 0 Å². The van der Waals surface area contributed by atoms with Gasteiger partial charge in [-0.3, -0.25) is 4.79 Å². The third kappa shape index (κ3) is 3.74. The van der Waals surface area contributed by atoms with E-state index < -0.39 is 0 Å². The molecule has 2 aromatic rings. The molecule has 0 atom stereocenters. The monoisotopic (exact) mass is 359 g/mol. The predicted molar refractivity (Wildman–Crippen MR) is 103 cm³/mol. The molecular formula is C18H18ClN3OS. The Balaban J connectivity index is 1.83. The summed E-state index contributed by atoms with van der Waals surface area (Å²) in [4.78, 5) is 16.8. The minimum Gasteiger partial charge on any atom is -0.316 e. The van der Waals surface area contributed by atoms with Crippen molar-refractivity contribution in [2.45, 2.75) is 13.3 Å². The van der Waals surface area contributed by atoms with E-state index in [-0.39, 0.29) is 5.91 Å². The number of nitrogens with zero attached hydrogens (tertiary/aromatic N) is 2. The maximum atomic E-state index is 12.6. The molecule has 0 radical (unpaired) electrons. The van der Waals surface area contributed by atoms with Crippen molar-refractivity contribution in [2.75, 3.05) is 21.9 Å². The van der Waals surface area contributed by atoms with Gasteiger partial charge >= 0.3 is 0 Å². The van der Waals surface area contributed by atoms with Crippen LogP contribution < -0.4 is 9.62 Å². The molecule has 1 amide bonds. The zero-order valence-electron chi connectivity index (χ0n) is 13.4. The Labute approximate surface area is 151 Å². The predicted octanol–water partition coefficient (Wildman–Crippen LogP) is 4.88. The largest absolute Gasteiger partial charge is 0.316 e. The highest BCUT2D eigenvalue weighted by molar-refractivity contribution is 8.00. The molecule has 1 fully saturated rings. The molecule has 124 valence electrons. The fraction of sp³-hybridized carbons (Fsp3) is 0.222. The van der Waals surface area contributed by atoms with Crippen molar-refractivity contribution in [2.24, 2.45) is 0 Å². The summed E-state index contributed by atoms with van der Waals surface area (Å²) in [6.45, 7) is 6.80. The van der Waals surface area contributed by atoms with E-state index >= 15 is 0 Å². The number of rotatable bonds is 4. The molecule has 24 heavy (non-hydrogen) atoms. The van der Waals surface area contributed by atoms with E-state index in [0.29, 0.717) is 16.4 Å². The average Bonchev–Trinajstić information content (AvgIpc) is 3.10. The van der Waals surface area contributed by atoms with Gasteiger partial charge in [-0.1, -0.05) is 23.8 Å². The number of aromatic nitrogens is 1. The Bertz CT molecular complexity index is 788. The Morgan fingerprint density at radius 2 is 2.21 bits per heavy atom. The number of halogens is 1. The topological polar surface area (TPSA) is 45.2 Å². The molecule has 1 N–H and O–H groups in total. The lowest BCUT2D eigenvalue weighted by Gasteiger charge is -2.17. The van der Waals surface area contributed by atoms with Crippen LogP contribution in [-0.2, 0) is 0 Å². The molecule has 0 aliphatic carbocycles. The molecule has 2 heterocycles. The lowest BCUT2D eigenvalue weighted by atomic mass is 10.1. The summed E-state index contributed by atoms with van der Waals surface area (Å²) < 4.78 is 2.19. The Morgan fingerprint density at radius 1 is 1.38 bits per heavy atom. The maximum Gasteiger partial charge on any atom is 0.258 e. The van der Waals surface area contributed by atoms with E-state index in [1.54, 1.807) is 30.3 Å². The van der Waals surface area contributed by atoms with Gasteiger partial charge < -0.3 is 9.62 Å². The molecule has 3 rings (SSSR count). The van der Waals surface area contributed by atoms with Gasteiger partial charge in [0, 0.05) is 24.2 Å². The van der Waals surface area contributed by atoms with E-state index in [4.69, 9.17) is 11.6 Å². The number of carbonyl (C=O) groups is 1. The van der Waals surface area contributed by atoms with Crippen molar-refractivity contribution in [3.05, 3.63) is 59.3 Å². The van der Waals surface area contributed by atoms with Crippen LogP contribution in [0.1, 0.15) is 29.3 Å². The Hall–Kier alpha value is -1.98. The van der Waals surface area contributed by atoms with Crippen LogP contribution in [0.3, 0.4) is 0 Å². The number of hydrogen-bond acceptors (Lipinski definition) is 4. The van der Waals surface area contributed by atoms with Gasteiger partial charge in [-0.25, -0.2) is 4.98 Å². The first-order chi connectivity index (χ1) is 11.5. The lowest BCUT2D eigenvalue weighted by molar-refractivity contribution is 0.102. The standard InChI is InChI=1S/C18H18ClN3OS/c1-12(2)13-6-7-20-17(10-13)21-18(23)15-11-14(4-5-16(15)19)22-8-3-9-24-22/h4-7,10-11H,1,3,8-9H2,2H3,(H,20,21,23). The zero-order chi connectivity index (χ0) is 17.1. The molecule has 0 spiro atoms. The van der Waals surface area contributed by atoms with E-state index in [0.717, 1.165) is 35.5 Å². The highest BCUT2D eigenvalue weighted by atomic mass is 35.5. The fourth-order valence-electron chi connectivity index (χ4n) is 2.44. The molecule has 6 heteroatoms. The number of hydrogen-bond donors (Lipinski definition) is 1. The molecule has 1 aromatic carbocycles. The fourth-order valence-corrected chi connectivity index (χ4v) is 3.64. The highest BCUT2D eigenvalue weighted by Gasteiger charge is 2.18. The third-order valence-electron chi connectivity index (χ3n) is 3.73. The smallest absolute Gasteiger partial charge is 0.258 e. The van der Waals surface area contributed by atoms with Gasteiger partial charge in [0.15, 0.2) is 0 Å². The summed E-state index contributed by atoms with van der Waals surface area (Å²) in [6.07, 6.45) is 2.80. The Kier molecular flexibility index (Phi) is 5.11. The van der Waals surface area contributed by atoms with Crippen molar-refractivity contribution in [3.63, 3.8) is 0 Å². The van der Waals surface area contributed by atoms with Gasteiger partial charge in [0.05, 0.1) is 10.6 Å². The third-order valence-corrected chi connectivity index (χ3v) is 5.24. The number of amides is 1. The average molecular weight is 360 g/mol. The van der Waals surface area contributed by atoms with Gasteiger partial charge in [0.1, 0.15) is 5.82 Å². The van der Waals surface area contributed by atoms with Crippen LogP contribution in [0.4, 0.5) is 11.5 Å². The van der Waals surface area contributed by atoms with Crippen LogP contribution >= 0.6 is 23.5 Å². The molecule has 1 saturated heterocycles. The number of benzene rings is 1. The molecule has 1 aliphatic rings. The lowest BCUT2D eigenvalue weighted by Crippen LogP contribution is -2.15. The first-order valence-electron chi connectivity index (χ1n) is 7.68. The van der Waals surface area contributed by atoms with Crippen molar-refractivity contribution in [1.29, 1.82) is 0 Å². The summed E-state index contributed by atoms with van der Waals surface area (Å²) >= 11 is 7.99. The SMILES string of the molecule is C=C(C)c1ccnc(NC(=O)c2cc(N3CCCS3)ccc2Cl)c1. The second-order valence-electron chi connectivity index (χ2n) is 5.62. The molecule has 1 aromatic heterocycles. The van der Waals surface area contributed by atoms with Gasteiger partial charge in [0.25, 0.3) is 5.91 Å². The summed E-state index contributed by atoms with van der Waals surface area (Å²) in [5.41, 5.74) is 3.30.